The third-order valence-corrected chi connectivity index (χ3v) is 2.59. The molecule has 5 nitrogen and oxygen atoms in total. The molecule has 0 saturated heterocycles. The van der Waals surface area contributed by atoms with E-state index in [1.165, 1.54) is 0 Å². The van der Waals surface area contributed by atoms with E-state index in [1.54, 1.807) is 31.4 Å². The molecule has 1 aromatic carbocycles. The Balaban J connectivity index is 2.37. The summed E-state index contributed by atoms with van der Waals surface area (Å²) in [6.07, 6.45) is 0. The van der Waals surface area contributed by atoms with Crippen molar-refractivity contribution in [3.05, 3.63) is 34.9 Å². The van der Waals surface area contributed by atoms with Crippen LogP contribution in [0.2, 0.25) is 5.02 Å². The van der Waals surface area contributed by atoms with Gasteiger partial charge in [-0.2, -0.15) is 0 Å². The number of carbonyl (C=O) groups excluding carboxylic acids is 2. The van der Waals surface area contributed by atoms with Crippen molar-refractivity contribution in [1.29, 1.82) is 0 Å². The molecule has 0 radical (unpaired) electrons. The van der Waals surface area contributed by atoms with Gasteiger partial charge in [0.25, 0.3) is 5.91 Å². The zero-order valence-electron chi connectivity index (χ0n) is 10.9. The van der Waals surface area contributed by atoms with Gasteiger partial charge in [-0.05, 0) is 31.2 Å². The van der Waals surface area contributed by atoms with Crippen LogP contribution in [0.25, 0.3) is 0 Å². The predicted octanol–water partition coefficient (Wildman–Crippen LogP) is 1.22. The summed E-state index contributed by atoms with van der Waals surface area (Å²) in [5, 5.41) is 5.79. The highest BCUT2D eigenvalue weighted by molar-refractivity contribution is 6.30. The van der Waals surface area contributed by atoms with E-state index in [4.69, 9.17) is 16.3 Å². The van der Waals surface area contributed by atoms with Crippen LogP contribution in [-0.2, 0) is 9.53 Å². The third-order valence-electron chi connectivity index (χ3n) is 2.34. The Morgan fingerprint density at radius 1 is 1.32 bits per heavy atom. The number of carbonyl (C=O) groups is 2. The second-order valence-electron chi connectivity index (χ2n) is 4.11. The molecule has 1 aromatic rings. The summed E-state index contributed by atoms with van der Waals surface area (Å²) >= 11 is 5.72. The van der Waals surface area contributed by atoms with Crippen molar-refractivity contribution in [2.24, 2.45) is 0 Å². The van der Waals surface area contributed by atoms with Crippen LogP contribution in [0.15, 0.2) is 24.3 Å². The van der Waals surface area contributed by atoms with Crippen LogP contribution in [0.4, 0.5) is 0 Å². The van der Waals surface area contributed by atoms with Gasteiger partial charge in [-0.3, -0.25) is 9.59 Å². The topological polar surface area (TPSA) is 67.4 Å². The van der Waals surface area contributed by atoms with Gasteiger partial charge in [-0.1, -0.05) is 11.6 Å². The quantitative estimate of drug-likeness (QED) is 0.825. The van der Waals surface area contributed by atoms with E-state index in [1.807, 2.05) is 6.92 Å². The number of methoxy groups -OCH3 is 1. The molecule has 0 aromatic heterocycles. The van der Waals surface area contributed by atoms with E-state index in [9.17, 15) is 9.59 Å². The average molecular weight is 285 g/mol. The summed E-state index contributed by atoms with van der Waals surface area (Å²) in [4.78, 5) is 23.2. The minimum absolute atomic E-state index is 0.0739. The van der Waals surface area contributed by atoms with E-state index in [2.05, 4.69) is 10.6 Å². The third kappa shape index (κ3) is 5.72. The molecular weight excluding hydrogens is 268 g/mol. The van der Waals surface area contributed by atoms with E-state index >= 15 is 0 Å². The van der Waals surface area contributed by atoms with Gasteiger partial charge < -0.3 is 15.4 Å². The molecule has 0 aliphatic heterocycles. The average Bonchev–Trinajstić information content (AvgIpc) is 2.37. The fourth-order valence-electron chi connectivity index (χ4n) is 1.48. The normalized spacial score (nSPS) is 11.7. The standard InChI is InChI=1S/C13H17ClN2O3/c1-9(8-19-2)16-12(17)7-15-13(18)10-3-5-11(14)6-4-10/h3-6,9H,7-8H2,1-2H3,(H,15,18)(H,16,17)/t9-/m1/s1. The lowest BCUT2D eigenvalue weighted by molar-refractivity contribution is -0.121. The largest absolute Gasteiger partial charge is 0.383 e. The Bertz CT molecular complexity index is 434. The van der Waals surface area contributed by atoms with Gasteiger partial charge in [0.2, 0.25) is 5.91 Å². The van der Waals surface area contributed by atoms with Crippen molar-refractivity contribution >= 4 is 23.4 Å². The van der Waals surface area contributed by atoms with Gasteiger partial charge >= 0.3 is 0 Å². The monoisotopic (exact) mass is 284 g/mol. The van der Waals surface area contributed by atoms with Gasteiger partial charge in [0, 0.05) is 23.7 Å². The molecule has 0 unspecified atom stereocenters. The van der Waals surface area contributed by atoms with Crippen LogP contribution in [0, 0.1) is 0 Å². The maximum Gasteiger partial charge on any atom is 0.251 e. The molecule has 0 fully saturated rings. The van der Waals surface area contributed by atoms with Gasteiger partial charge in [0.1, 0.15) is 0 Å². The second-order valence-corrected chi connectivity index (χ2v) is 4.55. The fourth-order valence-corrected chi connectivity index (χ4v) is 1.61. The Labute approximate surface area is 117 Å². The maximum atomic E-state index is 11.7. The van der Waals surface area contributed by atoms with Crippen molar-refractivity contribution < 1.29 is 14.3 Å². The smallest absolute Gasteiger partial charge is 0.251 e. The molecule has 6 heteroatoms. The molecule has 0 spiro atoms. The predicted molar refractivity (Wildman–Crippen MR) is 73.3 cm³/mol. The van der Waals surface area contributed by atoms with Crippen LogP contribution >= 0.6 is 11.6 Å². The summed E-state index contributed by atoms with van der Waals surface area (Å²) < 4.78 is 4.90. The summed E-state index contributed by atoms with van der Waals surface area (Å²) in [6, 6.07) is 6.35. The second kappa shape index (κ2) is 7.76. The number of amides is 2. The molecule has 1 rings (SSSR count). The number of rotatable bonds is 6. The first kappa shape index (κ1) is 15.5. The van der Waals surface area contributed by atoms with E-state index in [-0.39, 0.29) is 24.4 Å². The van der Waals surface area contributed by atoms with E-state index < -0.39 is 0 Å². The number of hydrogen-bond acceptors (Lipinski definition) is 3. The van der Waals surface area contributed by atoms with Crippen LogP contribution in [0.1, 0.15) is 17.3 Å². The lowest BCUT2D eigenvalue weighted by Gasteiger charge is -2.13. The summed E-state index contributed by atoms with van der Waals surface area (Å²) in [5.74, 6) is -0.571. The number of hydrogen-bond donors (Lipinski definition) is 2. The van der Waals surface area contributed by atoms with Crippen molar-refractivity contribution in [1.82, 2.24) is 10.6 Å². The molecule has 0 heterocycles. The van der Waals surface area contributed by atoms with Crippen LogP contribution in [0.5, 0.6) is 0 Å². The Morgan fingerprint density at radius 2 is 1.95 bits per heavy atom. The molecule has 0 saturated carbocycles. The molecule has 0 aliphatic carbocycles. The Hall–Kier alpha value is -1.59. The molecular formula is C13H17ClN2O3. The highest BCUT2D eigenvalue weighted by Gasteiger charge is 2.10. The summed E-state index contributed by atoms with van der Waals surface area (Å²) in [6.45, 7) is 2.18. The Kier molecular flexibility index (Phi) is 6.32. The molecule has 1 atom stereocenters. The highest BCUT2D eigenvalue weighted by Crippen LogP contribution is 2.09. The zero-order chi connectivity index (χ0) is 14.3. The minimum atomic E-state index is -0.314. The van der Waals surface area contributed by atoms with Crippen LogP contribution < -0.4 is 10.6 Å². The molecule has 0 bridgehead atoms. The molecule has 2 N–H and O–H groups in total. The zero-order valence-corrected chi connectivity index (χ0v) is 11.7. The lowest BCUT2D eigenvalue weighted by atomic mass is 10.2. The minimum Gasteiger partial charge on any atom is -0.383 e. The first-order valence-corrected chi connectivity index (χ1v) is 6.22. The number of nitrogens with one attached hydrogen (secondary N) is 2. The van der Waals surface area contributed by atoms with Crippen LogP contribution in [0.3, 0.4) is 0 Å². The fraction of sp³-hybridized carbons (Fsp3) is 0.385. The first-order valence-electron chi connectivity index (χ1n) is 5.85. The van der Waals surface area contributed by atoms with Gasteiger partial charge in [0.05, 0.1) is 13.2 Å². The lowest BCUT2D eigenvalue weighted by Crippen LogP contribution is -2.42. The molecule has 19 heavy (non-hydrogen) atoms. The summed E-state index contributed by atoms with van der Waals surface area (Å²) in [7, 11) is 1.56. The molecule has 0 aliphatic rings. The van der Waals surface area contributed by atoms with Crippen molar-refractivity contribution in [2.75, 3.05) is 20.3 Å². The number of halogens is 1. The van der Waals surface area contributed by atoms with Crippen molar-refractivity contribution in [3.63, 3.8) is 0 Å². The molecule has 104 valence electrons. The van der Waals surface area contributed by atoms with Gasteiger partial charge in [0.15, 0.2) is 0 Å². The van der Waals surface area contributed by atoms with E-state index in [0.717, 1.165) is 0 Å². The highest BCUT2D eigenvalue weighted by atomic mass is 35.5. The Morgan fingerprint density at radius 3 is 2.53 bits per heavy atom. The maximum absolute atomic E-state index is 11.7. The first-order chi connectivity index (χ1) is 9.02. The van der Waals surface area contributed by atoms with E-state index in [0.29, 0.717) is 17.2 Å². The number of benzene rings is 1. The van der Waals surface area contributed by atoms with Crippen molar-refractivity contribution in [2.45, 2.75) is 13.0 Å². The summed E-state index contributed by atoms with van der Waals surface area (Å²) in [5.41, 5.74) is 0.460. The SMILES string of the molecule is COC[C@@H](C)NC(=O)CNC(=O)c1ccc(Cl)cc1. The molecule has 2 amide bonds. The number of ether oxygens (including phenoxy) is 1. The van der Waals surface area contributed by atoms with Crippen molar-refractivity contribution in [3.8, 4) is 0 Å². The van der Waals surface area contributed by atoms with Crippen LogP contribution in [-0.4, -0.2) is 38.1 Å². The van der Waals surface area contributed by atoms with Gasteiger partial charge in [-0.25, -0.2) is 0 Å². The van der Waals surface area contributed by atoms with Gasteiger partial charge in [-0.15, -0.1) is 0 Å².